The van der Waals surface area contributed by atoms with Crippen molar-refractivity contribution in [2.75, 3.05) is 18.5 Å². The van der Waals surface area contributed by atoms with Crippen LogP contribution in [0.1, 0.15) is 20.3 Å². The number of carbonyl (C=O) groups excluding carboxylic acids is 1. The van der Waals surface area contributed by atoms with Crippen molar-refractivity contribution in [2.24, 2.45) is 0 Å². The quantitative estimate of drug-likeness (QED) is 0.739. The molecule has 0 N–H and O–H groups in total. The van der Waals surface area contributed by atoms with Gasteiger partial charge < -0.3 is 4.90 Å². The van der Waals surface area contributed by atoms with Gasteiger partial charge in [0.15, 0.2) is 5.78 Å². The molecule has 0 aliphatic heterocycles. The molecule has 0 radical (unpaired) electrons. The van der Waals surface area contributed by atoms with Crippen molar-refractivity contribution in [2.45, 2.75) is 30.4 Å². The van der Waals surface area contributed by atoms with Gasteiger partial charge in [-0.2, -0.15) is 5.26 Å². The minimum Gasteiger partial charge on any atom is -0.367 e. The van der Waals surface area contributed by atoms with Crippen molar-refractivity contribution < 1.29 is 4.79 Å². The first-order valence-corrected chi connectivity index (χ1v) is 6.77. The van der Waals surface area contributed by atoms with Crippen molar-refractivity contribution >= 4 is 23.2 Å². The Kier molecular flexibility index (Phi) is 5.73. The number of benzene rings is 1. The standard InChI is InChI=1S/C14H18N2OS/c1-11(2)18-14-6-4-12(5-7-14)16(3)10-13(17)8-9-15/h4-7,11H,8,10H2,1-3H3. The molecule has 0 aliphatic carbocycles. The molecule has 1 rings (SSSR count). The largest absolute Gasteiger partial charge is 0.367 e. The number of Topliss-reactive ketones (excluding diaryl/α,β-unsaturated/α-hetero) is 1. The zero-order chi connectivity index (χ0) is 13.5. The summed E-state index contributed by atoms with van der Waals surface area (Å²) in [5.41, 5.74) is 0.995. The second-order valence-corrected chi connectivity index (χ2v) is 6.04. The smallest absolute Gasteiger partial charge is 0.166 e. The molecular formula is C14H18N2OS. The molecule has 0 spiro atoms. The maximum Gasteiger partial charge on any atom is 0.166 e. The van der Waals surface area contributed by atoms with Crippen LogP contribution < -0.4 is 4.90 Å². The average Bonchev–Trinajstić information content (AvgIpc) is 2.29. The van der Waals surface area contributed by atoms with Gasteiger partial charge in [0.1, 0.15) is 0 Å². The molecule has 0 amide bonds. The molecule has 0 aromatic heterocycles. The minimum absolute atomic E-state index is 0.0222. The normalized spacial score (nSPS) is 10.2. The van der Waals surface area contributed by atoms with Crippen LogP contribution >= 0.6 is 11.8 Å². The lowest BCUT2D eigenvalue weighted by Crippen LogP contribution is -2.25. The SMILES string of the molecule is CC(C)Sc1ccc(N(C)CC(=O)CC#N)cc1. The lowest BCUT2D eigenvalue weighted by molar-refractivity contribution is -0.116. The number of ketones is 1. The molecule has 0 unspecified atom stereocenters. The Hall–Kier alpha value is -1.47. The molecule has 0 heterocycles. The highest BCUT2D eigenvalue weighted by atomic mass is 32.2. The maximum absolute atomic E-state index is 11.4. The molecule has 4 heteroatoms. The predicted octanol–water partition coefficient (Wildman–Crippen LogP) is 3.11. The number of nitrogens with zero attached hydrogens (tertiary/aromatic N) is 2. The predicted molar refractivity (Wildman–Crippen MR) is 75.9 cm³/mol. The van der Waals surface area contributed by atoms with E-state index >= 15 is 0 Å². The van der Waals surface area contributed by atoms with Gasteiger partial charge in [0.25, 0.3) is 0 Å². The van der Waals surface area contributed by atoms with Crippen LogP contribution in [-0.4, -0.2) is 24.6 Å². The number of hydrogen-bond donors (Lipinski definition) is 0. The van der Waals surface area contributed by atoms with E-state index in [-0.39, 0.29) is 18.7 Å². The summed E-state index contributed by atoms with van der Waals surface area (Å²) in [5.74, 6) is -0.0550. The summed E-state index contributed by atoms with van der Waals surface area (Å²) in [5, 5.41) is 9.01. The Morgan fingerprint density at radius 2 is 2.00 bits per heavy atom. The molecule has 0 aliphatic rings. The fourth-order valence-electron chi connectivity index (χ4n) is 1.55. The van der Waals surface area contributed by atoms with E-state index in [9.17, 15) is 4.79 Å². The molecule has 1 aromatic rings. The van der Waals surface area contributed by atoms with Crippen LogP contribution in [0.3, 0.4) is 0 Å². The molecule has 0 atom stereocenters. The van der Waals surface area contributed by atoms with Gasteiger partial charge in [-0.15, -0.1) is 11.8 Å². The molecule has 3 nitrogen and oxygen atoms in total. The summed E-state index contributed by atoms with van der Waals surface area (Å²) < 4.78 is 0. The van der Waals surface area contributed by atoms with E-state index in [1.165, 1.54) is 4.90 Å². The van der Waals surface area contributed by atoms with Crippen molar-refractivity contribution in [1.82, 2.24) is 0 Å². The van der Waals surface area contributed by atoms with Gasteiger partial charge in [0.2, 0.25) is 0 Å². The van der Waals surface area contributed by atoms with Crippen LogP contribution in [0.2, 0.25) is 0 Å². The Labute approximate surface area is 113 Å². The van der Waals surface area contributed by atoms with Crippen LogP contribution in [0.5, 0.6) is 0 Å². The van der Waals surface area contributed by atoms with Crippen LogP contribution in [0.25, 0.3) is 0 Å². The van der Waals surface area contributed by atoms with Gasteiger partial charge in [-0.25, -0.2) is 0 Å². The van der Waals surface area contributed by atoms with Gasteiger partial charge in [-0.1, -0.05) is 13.8 Å². The zero-order valence-corrected chi connectivity index (χ0v) is 11.8. The van der Waals surface area contributed by atoms with Crippen molar-refractivity contribution in [1.29, 1.82) is 5.26 Å². The van der Waals surface area contributed by atoms with Crippen LogP contribution in [0, 0.1) is 11.3 Å². The van der Waals surface area contributed by atoms with Gasteiger partial charge in [0.05, 0.1) is 19.0 Å². The molecule has 0 saturated heterocycles. The Morgan fingerprint density at radius 1 is 1.39 bits per heavy atom. The second-order valence-electron chi connectivity index (χ2n) is 4.39. The van der Waals surface area contributed by atoms with Gasteiger partial charge >= 0.3 is 0 Å². The third-order valence-electron chi connectivity index (χ3n) is 2.34. The Balaban J connectivity index is 2.62. The number of anilines is 1. The monoisotopic (exact) mass is 262 g/mol. The third kappa shape index (κ3) is 4.80. The number of carbonyl (C=O) groups is 1. The summed E-state index contributed by atoms with van der Waals surface area (Å²) in [6.07, 6.45) is -0.0222. The number of hydrogen-bond acceptors (Lipinski definition) is 4. The summed E-state index contributed by atoms with van der Waals surface area (Å²) in [6, 6.07) is 10.0. The number of rotatable bonds is 6. The lowest BCUT2D eigenvalue weighted by Gasteiger charge is -2.18. The zero-order valence-electron chi connectivity index (χ0n) is 11.0. The van der Waals surface area contributed by atoms with Crippen molar-refractivity contribution in [3.63, 3.8) is 0 Å². The first kappa shape index (κ1) is 14.6. The van der Waals surface area contributed by atoms with E-state index < -0.39 is 0 Å². The van der Waals surface area contributed by atoms with Crippen molar-refractivity contribution in [3.05, 3.63) is 24.3 Å². The second kappa shape index (κ2) is 7.07. The highest BCUT2D eigenvalue weighted by Gasteiger charge is 2.07. The number of thioether (sulfide) groups is 1. The van der Waals surface area contributed by atoms with Gasteiger partial charge in [0, 0.05) is 22.9 Å². The summed E-state index contributed by atoms with van der Waals surface area (Å²) in [6.45, 7) is 4.60. The van der Waals surface area contributed by atoms with E-state index in [1.54, 1.807) is 0 Å². The highest BCUT2D eigenvalue weighted by Crippen LogP contribution is 2.25. The van der Waals surface area contributed by atoms with E-state index in [2.05, 4.69) is 26.0 Å². The van der Waals surface area contributed by atoms with Crippen LogP contribution in [-0.2, 0) is 4.79 Å². The number of nitriles is 1. The molecule has 96 valence electrons. The van der Waals surface area contributed by atoms with Crippen LogP contribution in [0.4, 0.5) is 5.69 Å². The third-order valence-corrected chi connectivity index (χ3v) is 3.35. The molecule has 1 aromatic carbocycles. The van der Waals surface area contributed by atoms with E-state index in [0.717, 1.165) is 5.69 Å². The lowest BCUT2D eigenvalue weighted by atomic mass is 10.2. The number of likely N-dealkylation sites (N-methyl/N-ethyl adjacent to an activating group) is 1. The highest BCUT2D eigenvalue weighted by molar-refractivity contribution is 7.99. The van der Waals surface area contributed by atoms with E-state index in [4.69, 9.17) is 5.26 Å². The maximum atomic E-state index is 11.4. The topological polar surface area (TPSA) is 44.1 Å². The molecule has 18 heavy (non-hydrogen) atoms. The molecule has 0 bridgehead atoms. The summed E-state index contributed by atoms with van der Waals surface area (Å²) in [7, 11) is 1.86. The van der Waals surface area contributed by atoms with Gasteiger partial charge in [-0.3, -0.25) is 4.79 Å². The fourth-order valence-corrected chi connectivity index (χ4v) is 2.39. The van der Waals surface area contributed by atoms with Crippen LogP contribution in [0.15, 0.2) is 29.2 Å². The average molecular weight is 262 g/mol. The molecule has 0 saturated carbocycles. The Bertz CT molecular complexity index is 434. The minimum atomic E-state index is -0.0550. The molecule has 0 fully saturated rings. The van der Waals surface area contributed by atoms with E-state index in [1.807, 2.05) is 41.9 Å². The van der Waals surface area contributed by atoms with Gasteiger partial charge in [-0.05, 0) is 24.3 Å². The Morgan fingerprint density at radius 3 is 2.50 bits per heavy atom. The fraction of sp³-hybridized carbons (Fsp3) is 0.429. The summed E-state index contributed by atoms with van der Waals surface area (Å²) >= 11 is 1.81. The first-order valence-electron chi connectivity index (χ1n) is 5.89. The van der Waals surface area contributed by atoms with Crippen molar-refractivity contribution in [3.8, 4) is 6.07 Å². The first-order chi connectivity index (χ1) is 8.52. The molecular weight excluding hydrogens is 244 g/mol. The van der Waals surface area contributed by atoms with E-state index in [0.29, 0.717) is 5.25 Å². The summed E-state index contributed by atoms with van der Waals surface area (Å²) in [4.78, 5) is 14.5.